The van der Waals surface area contributed by atoms with Crippen LogP contribution < -0.4 is 0 Å². The van der Waals surface area contributed by atoms with Gasteiger partial charge in [0, 0.05) is 11.8 Å². The maximum atomic E-state index is 11.9. The van der Waals surface area contributed by atoms with Crippen LogP contribution in [0.4, 0.5) is 0 Å². The highest BCUT2D eigenvalue weighted by Crippen LogP contribution is 2.57. The fourth-order valence-corrected chi connectivity index (χ4v) is 3.43. The average Bonchev–Trinajstić information content (AvgIpc) is 2.62. The maximum absolute atomic E-state index is 11.9. The Hall–Kier alpha value is -0.860. The molecule has 0 saturated heterocycles. The first-order valence-electron chi connectivity index (χ1n) is 5.56. The third kappa shape index (κ3) is 1.58. The van der Waals surface area contributed by atoms with Gasteiger partial charge in [0.25, 0.3) is 0 Å². The van der Waals surface area contributed by atoms with E-state index < -0.39 is 0 Å². The summed E-state index contributed by atoms with van der Waals surface area (Å²) in [6, 6.07) is 0. The van der Waals surface area contributed by atoms with Crippen LogP contribution in [0.15, 0.2) is 0 Å². The van der Waals surface area contributed by atoms with Crippen molar-refractivity contribution >= 4 is 11.8 Å². The van der Waals surface area contributed by atoms with Crippen LogP contribution in [0.25, 0.3) is 0 Å². The number of rotatable bonds is 2. The summed E-state index contributed by atoms with van der Waals surface area (Å²) in [7, 11) is 1.38. The fourth-order valence-electron chi connectivity index (χ4n) is 3.43. The lowest BCUT2D eigenvalue weighted by Crippen LogP contribution is -2.35. The second-order valence-electron chi connectivity index (χ2n) is 5.52. The topological polar surface area (TPSA) is 43.4 Å². The molecular weight excluding hydrogens is 192 g/mol. The van der Waals surface area contributed by atoms with E-state index in [0.29, 0.717) is 11.7 Å². The predicted molar refractivity (Wildman–Crippen MR) is 55.1 cm³/mol. The molecule has 0 N–H and O–H groups in total. The molecule has 3 atom stereocenters. The van der Waals surface area contributed by atoms with Gasteiger partial charge >= 0.3 is 5.97 Å². The van der Waals surface area contributed by atoms with Gasteiger partial charge in [-0.25, -0.2) is 0 Å². The molecule has 2 aliphatic rings. The van der Waals surface area contributed by atoms with Gasteiger partial charge in [0.15, 0.2) is 0 Å². The van der Waals surface area contributed by atoms with E-state index in [1.165, 1.54) is 7.11 Å². The number of hydrogen-bond donors (Lipinski definition) is 0. The predicted octanol–water partition coefficient (Wildman–Crippen LogP) is 1.80. The normalized spacial score (nSPS) is 37.0. The molecule has 2 rings (SSSR count). The summed E-state index contributed by atoms with van der Waals surface area (Å²) in [5, 5.41) is 0. The van der Waals surface area contributed by atoms with Crippen molar-refractivity contribution in [2.75, 3.05) is 7.11 Å². The Morgan fingerprint density at radius 1 is 1.53 bits per heavy atom. The highest BCUT2D eigenvalue weighted by atomic mass is 16.5. The summed E-state index contributed by atoms with van der Waals surface area (Å²) >= 11 is 0. The number of ether oxygens (including phenoxy) is 1. The zero-order valence-corrected chi connectivity index (χ0v) is 9.58. The Morgan fingerprint density at radius 3 is 2.73 bits per heavy atom. The lowest BCUT2D eigenvalue weighted by atomic mass is 9.69. The van der Waals surface area contributed by atoms with E-state index in [4.69, 9.17) is 0 Å². The molecule has 3 nitrogen and oxygen atoms in total. The van der Waals surface area contributed by atoms with Gasteiger partial charge in [-0.15, -0.1) is 0 Å². The van der Waals surface area contributed by atoms with Crippen molar-refractivity contribution in [3.05, 3.63) is 0 Å². The van der Waals surface area contributed by atoms with Crippen molar-refractivity contribution in [3.8, 4) is 0 Å². The van der Waals surface area contributed by atoms with Crippen LogP contribution in [-0.2, 0) is 14.3 Å². The minimum Gasteiger partial charge on any atom is -0.469 e. The van der Waals surface area contributed by atoms with E-state index in [9.17, 15) is 9.59 Å². The first-order chi connectivity index (χ1) is 6.95. The summed E-state index contributed by atoms with van der Waals surface area (Å²) in [5.41, 5.74) is 0.220. The van der Waals surface area contributed by atoms with Crippen LogP contribution in [0.1, 0.15) is 33.1 Å². The van der Waals surface area contributed by atoms with Crippen LogP contribution >= 0.6 is 0 Å². The smallest absolute Gasteiger partial charge is 0.306 e. The van der Waals surface area contributed by atoms with Gasteiger partial charge in [-0.3, -0.25) is 9.59 Å². The van der Waals surface area contributed by atoms with Crippen molar-refractivity contribution in [2.45, 2.75) is 33.1 Å². The maximum Gasteiger partial charge on any atom is 0.306 e. The molecule has 0 unspecified atom stereocenters. The van der Waals surface area contributed by atoms with E-state index in [-0.39, 0.29) is 29.6 Å². The van der Waals surface area contributed by atoms with Crippen molar-refractivity contribution in [1.82, 2.24) is 0 Å². The Morgan fingerprint density at radius 2 is 2.20 bits per heavy atom. The molecule has 84 valence electrons. The monoisotopic (exact) mass is 210 g/mol. The molecule has 0 spiro atoms. The van der Waals surface area contributed by atoms with Crippen LogP contribution in [0.3, 0.4) is 0 Å². The molecule has 2 bridgehead atoms. The molecule has 2 fully saturated rings. The zero-order chi connectivity index (χ0) is 11.2. The van der Waals surface area contributed by atoms with E-state index in [0.717, 1.165) is 12.8 Å². The second kappa shape index (κ2) is 3.32. The van der Waals surface area contributed by atoms with Gasteiger partial charge in [-0.1, -0.05) is 13.8 Å². The molecule has 0 radical (unpaired) electrons. The molecule has 2 aliphatic carbocycles. The lowest BCUT2D eigenvalue weighted by molar-refractivity contribution is -0.145. The molecule has 0 amide bonds. The SMILES string of the molecule is COC(=O)C[C@@H]1C(=O)[C@H]2C[C@H]1C(C)(C)C2. The van der Waals surface area contributed by atoms with Crippen molar-refractivity contribution < 1.29 is 14.3 Å². The summed E-state index contributed by atoms with van der Waals surface area (Å²) in [4.78, 5) is 23.1. The van der Waals surface area contributed by atoms with Gasteiger partial charge < -0.3 is 4.74 Å². The Kier molecular flexibility index (Phi) is 2.36. The molecule has 0 aromatic carbocycles. The number of carbonyl (C=O) groups excluding carboxylic acids is 2. The van der Waals surface area contributed by atoms with Crippen molar-refractivity contribution in [3.63, 3.8) is 0 Å². The van der Waals surface area contributed by atoms with Crippen LogP contribution in [0, 0.1) is 23.2 Å². The second-order valence-corrected chi connectivity index (χ2v) is 5.52. The molecule has 15 heavy (non-hydrogen) atoms. The molecule has 0 aromatic heterocycles. The fraction of sp³-hybridized carbons (Fsp3) is 0.833. The molecule has 0 heterocycles. The van der Waals surface area contributed by atoms with Gasteiger partial charge in [0.2, 0.25) is 0 Å². The molecule has 3 heteroatoms. The van der Waals surface area contributed by atoms with Crippen LogP contribution in [-0.4, -0.2) is 18.9 Å². The minimum absolute atomic E-state index is 0.0776. The number of esters is 1. The van der Waals surface area contributed by atoms with Crippen LogP contribution in [0.5, 0.6) is 0 Å². The highest BCUT2D eigenvalue weighted by Gasteiger charge is 2.56. The zero-order valence-electron chi connectivity index (χ0n) is 9.58. The average molecular weight is 210 g/mol. The summed E-state index contributed by atoms with van der Waals surface area (Å²) in [6.45, 7) is 4.41. The first-order valence-corrected chi connectivity index (χ1v) is 5.56. The number of methoxy groups -OCH3 is 1. The van der Waals surface area contributed by atoms with Gasteiger partial charge in [-0.2, -0.15) is 0 Å². The number of Topliss-reactive ketones (excluding diaryl/α,β-unsaturated/α-hetero) is 1. The van der Waals surface area contributed by atoms with E-state index in [1.54, 1.807) is 0 Å². The number of carbonyl (C=O) groups is 2. The third-order valence-corrected chi connectivity index (χ3v) is 4.18. The largest absolute Gasteiger partial charge is 0.469 e. The van der Waals surface area contributed by atoms with Gasteiger partial charge in [0.1, 0.15) is 5.78 Å². The molecule has 2 saturated carbocycles. The Bertz CT molecular complexity index is 306. The van der Waals surface area contributed by atoms with Gasteiger partial charge in [-0.05, 0) is 24.2 Å². The molecule has 0 aromatic rings. The minimum atomic E-state index is -0.253. The highest BCUT2D eigenvalue weighted by molar-refractivity contribution is 5.90. The summed E-state index contributed by atoms with van der Waals surface area (Å²) in [5.74, 6) is 0.557. The van der Waals surface area contributed by atoms with E-state index in [2.05, 4.69) is 18.6 Å². The third-order valence-electron chi connectivity index (χ3n) is 4.18. The standard InChI is InChI=1S/C12H18O3/c1-12(2)6-7-4-9(12)8(11(7)14)5-10(13)15-3/h7-9H,4-6H2,1-3H3/t7-,8-,9+/m0/s1. The lowest BCUT2D eigenvalue weighted by Gasteiger charge is -2.34. The van der Waals surface area contributed by atoms with Crippen molar-refractivity contribution in [2.24, 2.45) is 23.2 Å². The molecule has 0 aliphatic heterocycles. The number of ketones is 1. The quantitative estimate of drug-likeness (QED) is 0.653. The molecular formula is C12H18O3. The number of hydrogen-bond acceptors (Lipinski definition) is 3. The summed E-state index contributed by atoms with van der Waals surface area (Å²) < 4.78 is 4.65. The van der Waals surface area contributed by atoms with E-state index >= 15 is 0 Å². The van der Waals surface area contributed by atoms with Crippen LogP contribution in [0.2, 0.25) is 0 Å². The number of fused-ring (bicyclic) bond motifs is 2. The summed E-state index contributed by atoms with van der Waals surface area (Å²) in [6.07, 6.45) is 2.25. The van der Waals surface area contributed by atoms with Gasteiger partial charge in [0.05, 0.1) is 13.5 Å². The Balaban J connectivity index is 2.13. The van der Waals surface area contributed by atoms with Crippen molar-refractivity contribution in [1.29, 1.82) is 0 Å². The Labute approximate surface area is 90.2 Å². The van der Waals surface area contributed by atoms with E-state index in [1.807, 2.05) is 0 Å². The first kappa shape index (κ1) is 10.7.